The standard InChI is InChI=1S/C18H17BrN2O2S/c1-2-3-9-23-14-7-8-15-16(11-14)24-18(20-15)21-17(22)12-5-4-6-13(19)10-12/h4-8,10-11H,2-3,9H2,1H3,(H,20,21,22). The van der Waals surface area contributed by atoms with Gasteiger partial charge < -0.3 is 4.74 Å². The van der Waals surface area contributed by atoms with Gasteiger partial charge in [-0.05, 0) is 42.8 Å². The van der Waals surface area contributed by atoms with Crippen LogP contribution in [0.15, 0.2) is 46.9 Å². The summed E-state index contributed by atoms with van der Waals surface area (Å²) < 4.78 is 7.58. The van der Waals surface area contributed by atoms with Crippen molar-refractivity contribution >= 4 is 48.5 Å². The number of nitrogens with zero attached hydrogens (tertiary/aromatic N) is 1. The highest BCUT2D eigenvalue weighted by Gasteiger charge is 2.11. The molecule has 0 atom stereocenters. The van der Waals surface area contributed by atoms with Gasteiger partial charge in [-0.3, -0.25) is 10.1 Å². The monoisotopic (exact) mass is 404 g/mol. The van der Waals surface area contributed by atoms with Crippen LogP contribution < -0.4 is 10.1 Å². The molecule has 6 heteroatoms. The Kier molecular flexibility index (Phi) is 5.48. The van der Waals surface area contributed by atoms with Gasteiger partial charge in [-0.1, -0.05) is 46.7 Å². The van der Waals surface area contributed by atoms with E-state index in [0.29, 0.717) is 17.3 Å². The Morgan fingerprint density at radius 3 is 2.96 bits per heavy atom. The molecule has 0 saturated heterocycles. The molecule has 24 heavy (non-hydrogen) atoms. The van der Waals surface area contributed by atoms with Crippen LogP contribution in [0.4, 0.5) is 5.13 Å². The highest BCUT2D eigenvalue weighted by Crippen LogP contribution is 2.29. The quantitative estimate of drug-likeness (QED) is 0.552. The number of rotatable bonds is 6. The smallest absolute Gasteiger partial charge is 0.257 e. The van der Waals surface area contributed by atoms with E-state index in [-0.39, 0.29) is 5.91 Å². The fourth-order valence-electron chi connectivity index (χ4n) is 2.18. The van der Waals surface area contributed by atoms with Crippen molar-refractivity contribution in [1.82, 2.24) is 4.98 Å². The van der Waals surface area contributed by atoms with Crippen molar-refractivity contribution in [3.05, 3.63) is 52.5 Å². The first-order chi connectivity index (χ1) is 11.7. The van der Waals surface area contributed by atoms with E-state index < -0.39 is 0 Å². The molecule has 1 amide bonds. The molecule has 3 aromatic rings. The van der Waals surface area contributed by atoms with Crippen molar-refractivity contribution in [2.45, 2.75) is 19.8 Å². The number of nitrogens with one attached hydrogen (secondary N) is 1. The fourth-order valence-corrected chi connectivity index (χ4v) is 3.47. The first-order valence-electron chi connectivity index (χ1n) is 7.76. The Balaban J connectivity index is 1.74. The summed E-state index contributed by atoms with van der Waals surface area (Å²) in [5.74, 6) is 0.666. The summed E-state index contributed by atoms with van der Waals surface area (Å²) in [5, 5.41) is 3.44. The predicted octanol–water partition coefficient (Wildman–Crippen LogP) is 5.49. The van der Waals surface area contributed by atoms with Crippen LogP contribution in [-0.2, 0) is 0 Å². The molecule has 4 nitrogen and oxygen atoms in total. The predicted molar refractivity (Wildman–Crippen MR) is 102 cm³/mol. The van der Waals surface area contributed by atoms with Crippen molar-refractivity contribution < 1.29 is 9.53 Å². The lowest BCUT2D eigenvalue weighted by Crippen LogP contribution is -2.11. The zero-order valence-electron chi connectivity index (χ0n) is 13.2. The molecule has 0 aliphatic carbocycles. The number of carbonyl (C=O) groups excluding carboxylic acids is 1. The van der Waals surface area contributed by atoms with Gasteiger partial charge in [-0.15, -0.1) is 0 Å². The van der Waals surface area contributed by atoms with E-state index >= 15 is 0 Å². The highest BCUT2D eigenvalue weighted by molar-refractivity contribution is 9.10. The molecule has 0 radical (unpaired) electrons. The van der Waals surface area contributed by atoms with Crippen molar-refractivity contribution in [3.63, 3.8) is 0 Å². The van der Waals surface area contributed by atoms with Gasteiger partial charge in [0.2, 0.25) is 0 Å². The van der Waals surface area contributed by atoms with Gasteiger partial charge in [0.1, 0.15) is 5.75 Å². The molecular formula is C18H17BrN2O2S. The van der Waals surface area contributed by atoms with E-state index in [9.17, 15) is 4.79 Å². The zero-order valence-corrected chi connectivity index (χ0v) is 15.6. The molecule has 0 aliphatic heterocycles. The van der Waals surface area contributed by atoms with Gasteiger partial charge in [0.15, 0.2) is 5.13 Å². The van der Waals surface area contributed by atoms with E-state index in [1.807, 2.05) is 30.3 Å². The largest absolute Gasteiger partial charge is 0.494 e. The minimum Gasteiger partial charge on any atom is -0.494 e. The lowest BCUT2D eigenvalue weighted by Gasteiger charge is -2.04. The van der Waals surface area contributed by atoms with Crippen molar-refractivity contribution in [1.29, 1.82) is 0 Å². The third-order valence-corrected chi connectivity index (χ3v) is 4.86. The van der Waals surface area contributed by atoms with E-state index in [1.54, 1.807) is 12.1 Å². The average Bonchev–Trinajstić information content (AvgIpc) is 2.96. The second-order valence-corrected chi connectivity index (χ2v) is 7.26. The molecule has 0 unspecified atom stereocenters. The highest BCUT2D eigenvalue weighted by atomic mass is 79.9. The molecule has 1 aromatic heterocycles. The second kappa shape index (κ2) is 7.77. The van der Waals surface area contributed by atoms with Crippen LogP contribution in [0.2, 0.25) is 0 Å². The molecular weight excluding hydrogens is 388 g/mol. The van der Waals surface area contributed by atoms with Crippen molar-refractivity contribution in [2.24, 2.45) is 0 Å². The number of fused-ring (bicyclic) bond motifs is 1. The normalized spacial score (nSPS) is 10.8. The maximum absolute atomic E-state index is 12.3. The first-order valence-corrected chi connectivity index (χ1v) is 9.37. The summed E-state index contributed by atoms with van der Waals surface area (Å²) in [6.45, 7) is 2.85. The maximum Gasteiger partial charge on any atom is 0.257 e. The number of anilines is 1. The molecule has 0 fully saturated rings. The topological polar surface area (TPSA) is 51.2 Å². The van der Waals surface area contributed by atoms with Crippen LogP contribution >= 0.6 is 27.3 Å². The van der Waals surface area contributed by atoms with Gasteiger partial charge in [0.05, 0.1) is 16.8 Å². The lowest BCUT2D eigenvalue weighted by molar-refractivity contribution is 0.102. The minimum absolute atomic E-state index is 0.172. The van der Waals surface area contributed by atoms with E-state index in [1.165, 1.54) is 11.3 Å². The molecule has 0 saturated carbocycles. The number of halogens is 1. The Labute approximate surface area is 153 Å². The Hall–Kier alpha value is -1.92. The summed E-state index contributed by atoms with van der Waals surface area (Å²) in [5.41, 5.74) is 1.44. The summed E-state index contributed by atoms with van der Waals surface area (Å²) in [6, 6.07) is 13.1. The number of ether oxygens (including phenoxy) is 1. The van der Waals surface area contributed by atoms with Crippen molar-refractivity contribution in [2.75, 3.05) is 11.9 Å². The molecule has 0 bridgehead atoms. The third kappa shape index (κ3) is 4.13. The number of thiazole rings is 1. The molecule has 2 aromatic carbocycles. The summed E-state index contributed by atoms with van der Waals surface area (Å²) in [6.07, 6.45) is 2.14. The molecule has 3 rings (SSSR count). The Morgan fingerprint density at radius 1 is 1.29 bits per heavy atom. The van der Waals surface area contributed by atoms with Crippen LogP contribution in [0.5, 0.6) is 5.75 Å². The second-order valence-electron chi connectivity index (χ2n) is 5.32. The summed E-state index contributed by atoms with van der Waals surface area (Å²) in [4.78, 5) is 16.8. The number of carbonyl (C=O) groups is 1. The van der Waals surface area contributed by atoms with Gasteiger partial charge in [0.25, 0.3) is 5.91 Å². The number of unbranched alkanes of at least 4 members (excludes halogenated alkanes) is 1. The average molecular weight is 405 g/mol. The number of hydrogen-bond acceptors (Lipinski definition) is 4. The van der Waals surface area contributed by atoms with Gasteiger partial charge in [-0.2, -0.15) is 0 Å². The number of amides is 1. The van der Waals surface area contributed by atoms with Crippen LogP contribution in [-0.4, -0.2) is 17.5 Å². The lowest BCUT2D eigenvalue weighted by atomic mass is 10.2. The van der Waals surface area contributed by atoms with Gasteiger partial charge >= 0.3 is 0 Å². The summed E-state index contributed by atoms with van der Waals surface area (Å²) >= 11 is 4.81. The number of hydrogen-bond donors (Lipinski definition) is 1. The molecule has 0 aliphatic rings. The third-order valence-electron chi connectivity index (χ3n) is 3.43. The van der Waals surface area contributed by atoms with E-state index in [0.717, 1.165) is 33.3 Å². The fraction of sp³-hybridized carbons (Fsp3) is 0.222. The van der Waals surface area contributed by atoms with E-state index in [4.69, 9.17) is 4.74 Å². The van der Waals surface area contributed by atoms with Gasteiger partial charge in [-0.25, -0.2) is 4.98 Å². The summed E-state index contributed by atoms with van der Waals surface area (Å²) in [7, 11) is 0. The maximum atomic E-state index is 12.3. The molecule has 124 valence electrons. The SMILES string of the molecule is CCCCOc1ccc2nc(NC(=O)c3cccc(Br)c3)sc2c1. The minimum atomic E-state index is -0.172. The van der Waals surface area contributed by atoms with Crippen LogP contribution in [0, 0.1) is 0 Å². The number of aromatic nitrogens is 1. The first kappa shape index (κ1) is 16.9. The van der Waals surface area contributed by atoms with E-state index in [2.05, 4.69) is 33.2 Å². The Morgan fingerprint density at radius 2 is 2.17 bits per heavy atom. The zero-order chi connectivity index (χ0) is 16.9. The van der Waals surface area contributed by atoms with Crippen molar-refractivity contribution in [3.8, 4) is 5.75 Å². The van der Waals surface area contributed by atoms with Crippen LogP contribution in [0.3, 0.4) is 0 Å². The molecule has 1 N–H and O–H groups in total. The van der Waals surface area contributed by atoms with Gasteiger partial charge in [0, 0.05) is 10.0 Å². The molecule has 1 heterocycles. The molecule has 0 spiro atoms. The number of benzene rings is 2. The van der Waals surface area contributed by atoms with Crippen LogP contribution in [0.1, 0.15) is 30.1 Å². The van der Waals surface area contributed by atoms with Crippen LogP contribution in [0.25, 0.3) is 10.2 Å². The Bertz CT molecular complexity index is 863.